The summed E-state index contributed by atoms with van der Waals surface area (Å²) >= 11 is 0. The summed E-state index contributed by atoms with van der Waals surface area (Å²) in [5.41, 5.74) is 0. The number of rotatable bonds is 15. The molecule has 0 aliphatic rings. The molecule has 1 N–H and O–H groups in total. The number of nitrogens with zero attached hydrogens (tertiary/aromatic N) is 1. The molecule has 0 aromatic carbocycles. The number of halogens is 8. The molecule has 0 aliphatic heterocycles. The first-order valence-electron chi connectivity index (χ1n) is 9.66. The highest BCUT2D eigenvalue weighted by Crippen LogP contribution is 2.53. The van der Waals surface area contributed by atoms with Crippen LogP contribution in [0.2, 0.25) is 0 Å². The van der Waals surface area contributed by atoms with Crippen LogP contribution in [0.25, 0.3) is 0 Å². The molecule has 0 spiro atoms. The molecule has 0 heterocycles. The van der Waals surface area contributed by atoms with Gasteiger partial charge in [-0.3, -0.25) is 4.79 Å². The average Bonchev–Trinajstić information content (AvgIpc) is 2.65. The summed E-state index contributed by atoms with van der Waals surface area (Å²) in [6.45, 7) is 2.76. The van der Waals surface area contributed by atoms with Crippen molar-refractivity contribution in [3.63, 3.8) is 0 Å². The minimum absolute atomic E-state index is 0.122. The number of carbonyl (C=O) groups excluding carboxylic acids is 1. The zero-order valence-corrected chi connectivity index (χ0v) is 16.8. The lowest BCUT2D eigenvalue weighted by molar-refractivity contribution is -0.352. The maximum absolute atomic E-state index is 14.1. The third-order valence-corrected chi connectivity index (χ3v) is 4.57. The van der Waals surface area contributed by atoms with Crippen molar-refractivity contribution in [1.29, 1.82) is 0 Å². The Morgan fingerprint density at radius 2 is 1.03 bits per heavy atom. The highest BCUT2D eigenvalue weighted by molar-refractivity contribution is 5.85. The first-order valence-corrected chi connectivity index (χ1v) is 9.66. The molecule has 0 fully saturated rings. The van der Waals surface area contributed by atoms with Gasteiger partial charge in [-0.05, 0) is 12.8 Å². The van der Waals surface area contributed by atoms with Gasteiger partial charge in [0.25, 0.3) is 5.91 Å². The number of carboxylic acids is 1. The van der Waals surface area contributed by atoms with Gasteiger partial charge in [-0.1, -0.05) is 52.4 Å². The number of carbonyl (C=O) groups is 2. The van der Waals surface area contributed by atoms with E-state index >= 15 is 0 Å². The average molecular weight is 457 g/mol. The van der Waals surface area contributed by atoms with Gasteiger partial charge in [0.2, 0.25) is 0 Å². The number of unbranched alkanes of at least 4 members (excludes halogenated alkanes) is 6. The predicted molar refractivity (Wildman–Crippen MR) is 92.3 cm³/mol. The summed E-state index contributed by atoms with van der Waals surface area (Å²) in [5.74, 6) is -33.2. The predicted octanol–water partition coefficient (Wildman–Crippen LogP) is 5.60. The van der Waals surface area contributed by atoms with Gasteiger partial charge in [-0.2, -0.15) is 35.1 Å². The number of amides is 1. The fourth-order valence-electron chi connectivity index (χ4n) is 2.64. The molecule has 0 aliphatic carbocycles. The Morgan fingerprint density at radius 3 is 1.37 bits per heavy atom. The van der Waals surface area contributed by atoms with Crippen molar-refractivity contribution >= 4 is 11.9 Å². The van der Waals surface area contributed by atoms with Gasteiger partial charge in [0.05, 0.1) is 0 Å². The molecule has 0 saturated heterocycles. The van der Waals surface area contributed by atoms with Crippen LogP contribution in [0.15, 0.2) is 0 Å². The number of hydrogen-bond donors (Lipinski definition) is 1. The molecule has 0 radical (unpaired) electrons. The van der Waals surface area contributed by atoms with E-state index in [0.29, 0.717) is 25.7 Å². The van der Waals surface area contributed by atoms with E-state index < -0.39 is 48.7 Å². The number of carboxylic acid groups (broad SMARTS) is 1. The minimum atomic E-state index is -7.01. The van der Waals surface area contributed by atoms with Crippen LogP contribution >= 0.6 is 0 Å². The fourth-order valence-corrected chi connectivity index (χ4v) is 2.64. The standard InChI is InChI=1S/C18H27F8NO3/c1-3-5-7-9-11-27(12-10-8-6-4-2)13(28)15(19,20)17(23,24)18(25,26)16(21,22)14(29)30/h3-12H2,1-2H3,(H,29,30). The van der Waals surface area contributed by atoms with Gasteiger partial charge in [-0.25, -0.2) is 4.79 Å². The fraction of sp³-hybridized carbons (Fsp3) is 0.889. The summed E-state index contributed by atoms with van der Waals surface area (Å²) in [6.07, 6.45) is 3.90. The SMILES string of the molecule is CCCCCCN(CCCCCC)C(=O)C(F)(F)C(F)(F)C(F)(F)C(F)(F)C(=O)O. The van der Waals surface area contributed by atoms with Crippen molar-refractivity contribution in [3.8, 4) is 0 Å². The Balaban J connectivity index is 5.75. The largest absolute Gasteiger partial charge is 0.477 e. The van der Waals surface area contributed by atoms with Crippen LogP contribution in [-0.2, 0) is 9.59 Å². The van der Waals surface area contributed by atoms with Crippen molar-refractivity contribution < 1.29 is 49.8 Å². The third-order valence-electron chi connectivity index (χ3n) is 4.57. The second kappa shape index (κ2) is 11.1. The number of aliphatic carboxylic acids is 1. The quantitative estimate of drug-likeness (QED) is 0.257. The molecule has 178 valence electrons. The molecule has 0 aromatic heterocycles. The van der Waals surface area contributed by atoms with Crippen molar-refractivity contribution in [3.05, 3.63) is 0 Å². The number of alkyl halides is 8. The lowest BCUT2D eigenvalue weighted by Gasteiger charge is -2.36. The van der Waals surface area contributed by atoms with E-state index in [2.05, 4.69) is 0 Å². The van der Waals surface area contributed by atoms with Gasteiger partial charge in [0.1, 0.15) is 0 Å². The van der Waals surface area contributed by atoms with Crippen LogP contribution in [0.4, 0.5) is 35.1 Å². The smallest absolute Gasteiger partial charge is 0.410 e. The van der Waals surface area contributed by atoms with Crippen LogP contribution in [0, 0.1) is 0 Å². The van der Waals surface area contributed by atoms with E-state index in [4.69, 9.17) is 5.11 Å². The summed E-state index contributed by atoms with van der Waals surface area (Å²) in [4.78, 5) is 22.6. The summed E-state index contributed by atoms with van der Waals surface area (Å²) in [5, 5.41) is 8.08. The summed E-state index contributed by atoms with van der Waals surface area (Å²) < 4.78 is 109. The molecule has 0 rings (SSSR count). The normalized spacial score (nSPS) is 13.4. The lowest BCUT2D eigenvalue weighted by Crippen LogP contribution is -2.68. The maximum atomic E-state index is 14.1. The van der Waals surface area contributed by atoms with Gasteiger partial charge >= 0.3 is 29.7 Å². The summed E-state index contributed by atoms with van der Waals surface area (Å²) in [7, 11) is 0. The topological polar surface area (TPSA) is 57.6 Å². The Labute approximate surface area is 169 Å². The molecule has 0 atom stereocenters. The Bertz CT molecular complexity index is 558. The highest BCUT2D eigenvalue weighted by Gasteiger charge is 2.85. The van der Waals surface area contributed by atoms with Crippen molar-refractivity contribution in [2.24, 2.45) is 0 Å². The van der Waals surface area contributed by atoms with Gasteiger partial charge < -0.3 is 10.0 Å². The Kier molecular flexibility index (Phi) is 10.5. The zero-order valence-electron chi connectivity index (χ0n) is 16.8. The van der Waals surface area contributed by atoms with Crippen LogP contribution < -0.4 is 0 Å². The van der Waals surface area contributed by atoms with Crippen LogP contribution in [-0.4, -0.2) is 58.7 Å². The van der Waals surface area contributed by atoms with Crippen LogP contribution in [0.1, 0.15) is 65.2 Å². The molecule has 0 bridgehead atoms. The second-order valence-corrected chi connectivity index (χ2v) is 7.02. The molecule has 4 nitrogen and oxygen atoms in total. The molecule has 1 amide bonds. The van der Waals surface area contributed by atoms with Crippen molar-refractivity contribution in [2.75, 3.05) is 13.1 Å². The molecule has 0 unspecified atom stereocenters. The highest BCUT2D eigenvalue weighted by atomic mass is 19.4. The Hall–Kier alpha value is -1.62. The maximum Gasteiger partial charge on any atom is 0.410 e. The first kappa shape index (κ1) is 28.4. The van der Waals surface area contributed by atoms with E-state index in [1.807, 2.05) is 13.8 Å². The van der Waals surface area contributed by atoms with Crippen LogP contribution in [0.3, 0.4) is 0 Å². The van der Waals surface area contributed by atoms with Gasteiger partial charge in [0, 0.05) is 13.1 Å². The summed E-state index contributed by atoms with van der Waals surface area (Å²) in [6, 6.07) is 0. The molecule has 30 heavy (non-hydrogen) atoms. The van der Waals surface area contributed by atoms with Gasteiger partial charge in [0.15, 0.2) is 0 Å². The van der Waals surface area contributed by atoms with Gasteiger partial charge in [-0.15, -0.1) is 0 Å². The first-order chi connectivity index (χ1) is 13.6. The Morgan fingerprint density at radius 1 is 0.667 bits per heavy atom. The van der Waals surface area contributed by atoms with E-state index in [1.165, 1.54) is 0 Å². The van der Waals surface area contributed by atoms with E-state index in [0.717, 1.165) is 12.8 Å². The van der Waals surface area contributed by atoms with E-state index in [1.54, 1.807) is 0 Å². The molecule has 0 aromatic rings. The molecular weight excluding hydrogens is 430 g/mol. The second-order valence-electron chi connectivity index (χ2n) is 7.02. The zero-order chi connectivity index (χ0) is 23.8. The number of hydrogen-bond acceptors (Lipinski definition) is 2. The van der Waals surface area contributed by atoms with E-state index in [9.17, 15) is 44.7 Å². The van der Waals surface area contributed by atoms with Crippen molar-refractivity contribution in [2.45, 2.75) is 88.9 Å². The monoisotopic (exact) mass is 457 g/mol. The third kappa shape index (κ3) is 5.96. The lowest BCUT2D eigenvalue weighted by atomic mass is 9.97. The van der Waals surface area contributed by atoms with E-state index in [-0.39, 0.29) is 17.7 Å². The molecule has 0 saturated carbocycles. The minimum Gasteiger partial charge on any atom is -0.477 e. The van der Waals surface area contributed by atoms with Crippen LogP contribution in [0.5, 0.6) is 0 Å². The molecule has 12 heteroatoms. The molecular formula is C18H27F8NO3. The van der Waals surface area contributed by atoms with Crippen molar-refractivity contribution in [1.82, 2.24) is 4.90 Å².